The molecule has 0 saturated heterocycles. The van der Waals surface area contributed by atoms with Crippen LogP contribution in [0.2, 0.25) is 0 Å². The topological polar surface area (TPSA) is 46.5 Å². The molecule has 0 fully saturated rings. The van der Waals surface area contributed by atoms with Crippen molar-refractivity contribution >= 4 is 5.97 Å². The number of phenols is 1. The lowest BCUT2D eigenvalue weighted by Crippen LogP contribution is -2.04. The van der Waals surface area contributed by atoms with Crippen LogP contribution in [-0.4, -0.2) is 11.1 Å². The fraction of sp³-hybridized carbons (Fsp3) is 0.182. The summed E-state index contributed by atoms with van der Waals surface area (Å²) in [4.78, 5) is 11.0. The Labute approximate surface area is 82.6 Å². The van der Waals surface area contributed by atoms with Gasteiger partial charge in [0.15, 0.2) is 0 Å². The number of ether oxygens (including phenoxy) is 1. The second kappa shape index (κ2) is 4.46. The van der Waals surface area contributed by atoms with Gasteiger partial charge < -0.3 is 9.84 Å². The van der Waals surface area contributed by atoms with Crippen molar-refractivity contribution in [2.45, 2.75) is 13.5 Å². The zero-order valence-electron chi connectivity index (χ0n) is 7.99. The number of rotatable bonds is 3. The highest BCUT2D eigenvalue weighted by Gasteiger charge is 2.05. The number of para-hydroxylation sites is 1. The molecule has 0 aliphatic carbocycles. The molecular weight excluding hydrogens is 180 g/mol. The quantitative estimate of drug-likeness (QED) is 0.588. The van der Waals surface area contributed by atoms with Gasteiger partial charge in [0.25, 0.3) is 0 Å². The van der Waals surface area contributed by atoms with Crippen molar-refractivity contribution in [2.75, 3.05) is 0 Å². The number of esters is 1. The summed E-state index contributed by atoms with van der Waals surface area (Å²) in [5.74, 6) is -0.324. The molecule has 1 aromatic carbocycles. The highest BCUT2D eigenvalue weighted by molar-refractivity contribution is 5.86. The Morgan fingerprint density at radius 2 is 2.14 bits per heavy atom. The van der Waals surface area contributed by atoms with Crippen molar-refractivity contribution in [3.8, 4) is 5.75 Å². The molecule has 0 amide bonds. The summed E-state index contributed by atoms with van der Waals surface area (Å²) >= 11 is 0. The van der Waals surface area contributed by atoms with Crippen LogP contribution in [-0.2, 0) is 16.1 Å². The SMILES string of the molecule is C=C(C)C(=O)OCc1ccccc1O. The first-order valence-corrected chi connectivity index (χ1v) is 4.20. The van der Waals surface area contributed by atoms with Gasteiger partial charge in [-0.25, -0.2) is 4.79 Å². The van der Waals surface area contributed by atoms with E-state index in [1.54, 1.807) is 31.2 Å². The lowest BCUT2D eigenvalue weighted by molar-refractivity contribution is -0.140. The lowest BCUT2D eigenvalue weighted by atomic mass is 10.2. The van der Waals surface area contributed by atoms with Crippen molar-refractivity contribution in [3.05, 3.63) is 42.0 Å². The number of hydrogen-bond acceptors (Lipinski definition) is 3. The number of carbonyl (C=O) groups is 1. The van der Waals surface area contributed by atoms with Gasteiger partial charge in [-0.1, -0.05) is 24.8 Å². The maximum absolute atomic E-state index is 11.0. The molecule has 0 atom stereocenters. The third kappa shape index (κ3) is 2.62. The van der Waals surface area contributed by atoms with Gasteiger partial charge in [0.1, 0.15) is 12.4 Å². The van der Waals surface area contributed by atoms with Gasteiger partial charge in [0.05, 0.1) is 0 Å². The molecule has 0 aromatic heterocycles. The summed E-state index contributed by atoms with van der Waals surface area (Å²) in [7, 11) is 0. The summed E-state index contributed by atoms with van der Waals surface area (Å²) in [5.41, 5.74) is 0.933. The van der Waals surface area contributed by atoms with E-state index in [9.17, 15) is 9.90 Å². The number of carbonyl (C=O) groups excluding carboxylic acids is 1. The van der Waals surface area contributed by atoms with E-state index in [0.29, 0.717) is 11.1 Å². The van der Waals surface area contributed by atoms with Crippen LogP contribution >= 0.6 is 0 Å². The molecule has 0 aliphatic rings. The second-order valence-corrected chi connectivity index (χ2v) is 2.99. The predicted molar refractivity (Wildman–Crippen MR) is 52.7 cm³/mol. The van der Waals surface area contributed by atoms with Crippen LogP contribution in [0.25, 0.3) is 0 Å². The Morgan fingerprint density at radius 1 is 1.50 bits per heavy atom. The minimum absolute atomic E-state index is 0.0678. The molecule has 0 unspecified atom stereocenters. The number of phenolic OH excluding ortho intramolecular Hbond substituents is 1. The van der Waals surface area contributed by atoms with Crippen molar-refractivity contribution in [1.82, 2.24) is 0 Å². The molecule has 14 heavy (non-hydrogen) atoms. The van der Waals surface area contributed by atoms with Crippen LogP contribution in [0.5, 0.6) is 5.75 Å². The summed E-state index contributed by atoms with van der Waals surface area (Å²) in [6, 6.07) is 6.72. The van der Waals surface area contributed by atoms with Gasteiger partial charge in [-0.3, -0.25) is 0 Å². The van der Waals surface area contributed by atoms with Gasteiger partial charge in [-0.15, -0.1) is 0 Å². The molecule has 1 aromatic rings. The predicted octanol–water partition coefficient (Wildman–Crippen LogP) is 2.01. The highest BCUT2D eigenvalue weighted by Crippen LogP contribution is 2.16. The monoisotopic (exact) mass is 192 g/mol. The van der Waals surface area contributed by atoms with Crippen LogP contribution in [0.4, 0.5) is 0 Å². The Balaban J connectivity index is 2.58. The first-order chi connectivity index (χ1) is 6.61. The van der Waals surface area contributed by atoms with E-state index < -0.39 is 5.97 Å². The maximum atomic E-state index is 11.0. The van der Waals surface area contributed by atoms with E-state index in [4.69, 9.17) is 4.74 Å². The number of aromatic hydroxyl groups is 1. The molecule has 0 saturated carbocycles. The molecule has 1 N–H and O–H groups in total. The summed E-state index contributed by atoms with van der Waals surface area (Å²) in [6.07, 6.45) is 0. The van der Waals surface area contributed by atoms with Crippen LogP contribution < -0.4 is 0 Å². The van der Waals surface area contributed by atoms with Crippen LogP contribution in [0.3, 0.4) is 0 Å². The number of hydrogen-bond donors (Lipinski definition) is 1. The van der Waals surface area contributed by atoms with E-state index >= 15 is 0 Å². The van der Waals surface area contributed by atoms with Crippen LogP contribution in [0, 0.1) is 0 Å². The highest BCUT2D eigenvalue weighted by atomic mass is 16.5. The summed E-state index contributed by atoms with van der Waals surface area (Å²) in [5, 5.41) is 9.35. The second-order valence-electron chi connectivity index (χ2n) is 2.99. The molecule has 0 aliphatic heterocycles. The Kier molecular flexibility index (Phi) is 3.29. The van der Waals surface area contributed by atoms with E-state index in [1.165, 1.54) is 0 Å². The molecule has 74 valence electrons. The van der Waals surface area contributed by atoms with Crippen molar-refractivity contribution in [1.29, 1.82) is 0 Å². The van der Waals surface area contributed by atoms with Crippen molar-refractivity contribution < 1.29 is 14.6 Å². The minimum Gasteiger partial charge on any atom is -0.508 e. The lowest BCUT2D eigenvalue weighted by Gasteiger charge is -2.05. The molecule has 0 spiro atoms. The molecule has 0 bridgehead atoms. The van der Waals surface area contributed by atoms with Crippen LogP contribution in [0.15, 0.2) is 36.4 Å². The van der Waals surface area contributed by atoms with Crippen molar-refractivity contribution in [3.63, 3.8) is 0 Å². The minimum atomic E-state index is -0.451. The maximum Gasteiger partial charge on any atom is 0.333 e. The van der Waals surface area contributed by atoms with Gasteiger partial charge in [-0.05, 0) is 13.0 Å². The smallest absolute Gasteiger partial charge is 0.333 e. The zero-order chi connectivity index (χ0) is 10.6. The molecule has 3 heteroatoms. The summed E-state index contributed by atoms with van der Waals surface area (Å²) in [6.45, 7) is 5.10. The van der Waals surface area contributed by atoms with E-state index in [1.807, 2.05) is 0 Å². The fourth-order valence-corrected chi connectivity index (χ4v) is 0.899. The average Bonchev–Trinajstić information content (AvgIpc) is 2.16. The Hall–Kier alpha value is -1.77. The average molecular weight is 192 g/mol. The van der Waals surface area contributed by atoms with Gasteiger partial charge in [-0.2, -0.15) is 0 Å². The van der Waals surface area contributed by atoms with Gasteiger partial charge in [0, 0.05) is 11.1 Å². The van der Waals surface area contributed by atoms with E-state index in [0.717, 1.165) is 0 Å². The first kappa shape index (κ1) is 10.3. The third-order valence-corrected chi connectivity index (χ3v) is 1.70. The molecule has 0 radical (unpaired) electrons. The largest absolute Gasteiger partial charge is 0.508 e. The number of benzene rings is 1. The third-order valence-electron chi connectivity index (χ3n) is 1.70. The van der Waals surface area contributed by atoms with E-state index in [-0.39, 0.29) is 12.4 Å². The van der Waals surface area contributed by atoms with Crippen molar-refractivity contribution in [2.24, 2.45) is 0 Å². The normalized spacial score (nSPS) is 9.50. The van der Waals surface area contributed by atoms with E-state index in [2.05, 4.69) is 6.58 Å². The Morgan fingerprint density at radius 3 is 2.71 bits per heavy atom. The standard InChI is InChI=1S/C11H12O3/c1-8(2)11(13)14-7-9-5-3-4-6-10(9)12/h3-6,12H,1,7H2,2H3. The Bertz CT molecular complexity index is 355. The molecular formula is C11H12O3. The fourth-order valence-electron chi connectivity index (χ4n) is 0.899. The molecule has 3 nitrogen and oxygen atoms in total. The summed E-state index contributed by atoms with van der Waals surface area (Å²) < 4.78 is 4.87. The zero-order valence-corrected chi connectivity index (χ0v) is 7.99. The van der Waals surface area contributed by atoms with Gasteiger partial charge >= 0.3 is 5.97 Å². The molecule has 1 rings (SSSR count). The molecule has 0 heterocycles. The first-order valence-electron chi connectivity index (χ1n) is 4.20. The van der Waals surface area contributed by atoms with Crippen LogP contribution in [0.1, 0.15) is 12.5 Å². The van der Waals surface area contributed by atoms with Gasteiger partial charge in [0.2, 0.25) is 0 Å².